The van der Waals surface area contributed by atoms with E-state index in [9.17, 15) is 14.0 Å². The zero-order valence-corrected chi connectivity index (χ0v) is 18.8. The minimum Gasteiger partial charge on any atom is -0.332 e. The molecule has 7 heteroatoms. The highest BCUT2D eigenvalue weighted by Crippen LogP contribution is 2.30. The summed E-state index contributed by atoms with van der Waals surface area (Å²) in [6.45, 7) is 4.40. The van der Waals surface area contributed by atoms with Crippen molar-refractivity contribution >= 4 is 17.5 Å². The molecule has 0 bridgehead atoms. The van der Waals surface area contributed by atoms with Crippen LogP contribution >= 0.6 is 0 Å². The number of para-hydroxylation sites is 1. The minimum atomic E-state index is -0.508. The Bertz CT molecular complexity index is 1180. The summed E-state index contributed by atoms with van der Waals surface area (Å²) in [5.41, 5.74) is 2.98. The molecule has 1 atom stereocenters. The lowest BCUT2D eigenvalue weighted by atomic mass is 9.99. The highest BCUT2D eigenvalue weighted by Gasteiger charge is 2.30. The van der Waals surface area contributed by atoms with Gasteiger partial charge in [0.05, 0.1) is 29.4 Å². The van der Waals surface area contributed by atoms with Crippen LogP contribution in [-0.4, -0.2) is 33.2 Å². The fourth-order valence-corrected chi connectivity index (χ4v) is 4.22. The Morgan fingerprint density at radius 2 is 1.94 bits per heavy atom. The van der Waals surface area contributed by atoms with Gasteiger partial charge in [0.2, 0.25) is 5.91 Å². The third kappa shape index (κ3) is 5.25. The largest absolute Gasteiger partial charge is 0.332 e. The van der Waals surface area contributed by atoms with Crippen LogP contribution in [0.4, 0.5) is 10.1 Å². The summed E-state index contributed by atoms with van der Waals surface area (Å²) in [6.07, 6.45) is 4.50. The van der Waals surface area contributed by atoms with Crippen molar-refractivity contribution in [3.63, 3.8) is 0 Å². The normalized spacial score (nSPS) is 15.8. The summed E-state index contributed by atoms with van der Waals surface area (Å²) >= 11 is 0. The number of hydrogen-bond acceptors (Lipinski definition) is 4. The number of likely N-dealkylation sites (tertiary alicyclic amines) is 1. The van der Waals surface area contributed by atoms with Crippen LogP contribution in [0.1, 0.15) is 58.3 Å². The second-order valence-electron chi connectivity index (χ2n) is 8.43. The van der Waals surface area contributed by atoms with E-state index >= 15 is 0 Å². The number of aromatic nitrogens is 2. The number of carbonyl (C=O) groups is 2. The Morgan fingerprint density at radius 1 is 1.12 bits per heavy atom. The zero-order chi connectivity index (χ0) is 23.4. The van der Waals surface area contributed by atoms with Gasteiger partial charge in [-0.15, -0.1) is 0 Å². The van der Waals surface area contributed by atoms with Gasteiger partial charge in [-0.25, -0.2) is 14.4 Å². The summed E-state index contributed by atoms with van der Waals surface area (Å²) in [5, 5.41) is 2.57. The molecule has 3 aromatic rings. The number of piperidine rings is 1. The maximum Gasteiger partial charge on any atom is 0.259 e. The van der Waals surface area contributed by atoms with Crippen molar-refractivity contribution in [2.45, 2.75) is 45.6 Å². The van der Waals surface area contributed by atoms with Gasteiger partial charge >= 0.3 is 0 Å². The third-order valence-corrected chi connectivity index (χ3v) is 5.92. The van der Waals surface area contributed by atoms with Gasteiger partial charge in [0, 0.05) is 12.7 Å². The number of carbonyl (C=O) groups excluding carboxylic acids is 2. The van der Waals surface area contributed by atoms with E-state index in [0.29, 0.717) is 24.5 Å². The van der Waals surface area contributed by atoms with E-state index < -0.39 is 11.7 Å². The molecular weight excluding hydrogens is 419 g/mol. The molecule has 1 aromatic heterocycles. The van der Waals surface area contributed by atoms with Crippen molar-refractivity contribution in [2.24, 2.45) is 0 Å². The summed E-state index contributed by atoms with van der Waals surface area (Å²) < 4.78 is 13.9. The van der Waals surface area contributed by atoms with Crippen molar-refractivity contribution in [1.29, 1.82) is 0 Å². The summed E-state index contributed by atoms with van der Waals surface area (Å²) in [5.74, 6) is -0.397. The van der Waals surface area contributed by atoms with Crippen LogP contribution in [0.15, 0.2) is 54.7 Å². The Kier molecular flexibility index (Phi) is 6.77. The molecule has 1 aliphatic heterocycles. The molecule has 2 amide bonds. The molecular formula is C26H27FN4O2. The SMILES string of the molecule is Cc1cccc(CC(=O)N2CCCCC2c2ncc(C(=O)Nc3ccccc3F)c(C)n2)c1. The van der Waals surface area contributed by atoms with E-state index in [2.05, 4.69) is 15.3 Å². The highest BCUT2D eigenvalue weighted by molar-refractivity contribution is 6.04. The molecule has 1 saturated heterocycles. The molecule has 1 fully saturated rings. The Balaban J connectivity index is 1.52. The van der Waals surface area contributed by atoms with Crippen LogP contribution in [0.25, 0.3) is 0 Å². The molecule has 1 unspecified atom stereocenters. The van der Waals surface area contributed by atoms with Gasteiger partial charge in [-0.1, -0.05) is 42.0 Å². The molecule has 4 rings (SSSR count). The zero-order valence-electron chi connectivity index (χ0n) is 18.8. The molecule has 1 aliphatic rings. The first-order chi connectivity index (χ1) is 15.9. The van der Waals surface area contributed by atoms with Gasteiger partial charge < -0.3 is 10.2 Å². The summed E-state index contributed by atoms with van der Waals surface area (Å²) in [7, 11) is 0. The topological polar surface area (TPSA) is 75.2 Å². The number of halogens is 1. The molecule has 1 N–H and O–H groups in total. The first-order valence-corrected chi connectivity index (χ1v) is 11.2. The smallest absolute Gasteiger partial charge is 0.259 e. The second kappa shape index (κ2) is 9.90. The number of nitrogens with zero attached hydrogens (tertiary/aromatic N) is 3. The van der Waals surface area contributed by atoms with Gasteiger partial charge in [0.15, 0.2) is 5.82 Å². The Labute approximate surface area is 192 Å². The average Bonchev–Trinajstić information content (AvgIpc) is 2.80. The summed E-state index contributed by atoms with van der Waals surface area (Å²) in [6, 6.07) is 13.7. The molecule has 170 valence electrons. The second-order valence-corrected chi connectivity index (χ2v) is 8.43. The van der Waals surface area contributed by atoms with Crippen molar-refractivity contribution in [2.75, 3.05) is 11.9 Å². The van der Waals surface area contributed by atoms with Crippen LogP contribution in [0.3, 0.4) is 0 Å². The predicted octanol–water partition coefficient (Wildman–Crippen LogP) is 4.78. The lowest BCUT2D eigenvalue weighted by molar-refractivity contribution is -0.134. The van der Waals surface area contributed by atoms with Crippen LogP contribution < -0.4 is 5.32 Å². The van der Waals surface area contributed by atoms with E-state index in [1.54, 1.807) is 19.1 Å². The Hall–Kier alpha value is -3.61. The lowest BCUT2D eigenvalue weighted by Crippen LogP contribution is -2.40. The fourth-order valence-electron chi connectivity index (χ4n) is 4.22. The molecule has 0 aliphatic carbocycles. The van der Waals surface area contributed by atoms with Crippen molar-refractivity contribution in [1.82, 2.24) is 14.9 Å². The molecule has 0 radical (unpaired) electrons. The third-order valence-electron chi connectivity index (χ3n) is 5.92. The molecule has 0 saturated carbocycles. The van der Waals surface area contributed by atoms with Gasteiger partial charge in [0.1, 0.15) is 5.82 Å². The van der Waals surface area contributed by atoms with E-state index in [1.165, 1.54) is 18.3 Å². The van der Waals surface area contributed by atoms with E-state index in [1.807, 2.05) is 36.1 Å². The van der Waals surface area contributed by atoms with Crippen molar-refractivity contribution in [3.8, 4) is 0 Å². The number of anilines is 1. The minimum absolute atomic E-state index is 0.0490. The number of nitrogens with one attached hydrogen (secondary N) is 1. The number of hydrogen-bond donors (Lipinski definition) is 1. The fraction of sp³-hybridized carbons (Fsp3) is 0.308. The molecule has 2 heterocycles. The first kappa shape index (κ1) is 22.6. The Morgan fingerprint density at radius 3 is 2.70 bits per heavy atom. The first-order valence-electron chi connectivity index (χ1n) is 11.2. The highest BCUT2D eigenvalue weighted by atomic mass is 19.1. The lowest BCUT2D eigenvalue weighted by Gasteiger charge is -2.35. The number of amides is 2. The predicted molar refractivity (Wildman–Crippen MR) is 124 cm³/mol. The van der Waals surface area contributed by atoms with E-state index in [-0.39, 0.29) is 23.2 Å². The van der Waals surface area contributed by atoms with E-state index in [4.69, 9.17) is 0 Å². The summed E-state index contributed by atoms with van der Waals surface area (Å²) in [4.78, 5) is 36.7. The maximum atomic E-state index is 13.9. The van der Waals surface area contributed by atoms with Crippen LogP contribution in [0, 0.1) is 19.7 Å². The van der Waals surface area contributed by atoms with Crippen molar-refractivity contribution < 1.29 is 14.0 Å². The van der Waals surface area contributed by atoms with Crippen LogP contribution in [-0.2, 0) is 11.2 Å². The van der Waals surface area contributed by atoms with Gasteiger partial charge in [-0.05, 0) is 50.8 Å². The van der Waals surface area contributed by atoms with Crippen molar-refractivity contribution in [3.05, 3.63) is 88.8 Å². The van der Waals surface area contributed by atoms with Crippen LogP contribution in [0.2, 0.25) is 0 Å². The molecule has 0 spiro atoms. The quantitative estimate of drug-likeness (QED) is 0.612. The molecule has 6 nitrogen and oxygen atoms in total. The number of benzene rings is 2. The van der Waals surface area contributed by atoms with E-state index in [0.717, 1.165) is 30.4 Å². The molecule has 2 aromatic carbocycles. The van der Waals surface area contributed by atoms with Gasteiger partial charge in [-0.3, -0.25) is 9.59 Å². The van der Waals surface area contributed by atoms with Gasteiger partial charge in [0.25, 0.3) is 5.91 Å². The average molecular weight is 447 g/mol. The van der Waals surface area contributed by atoms with Gasteiger partial charge in [-0.2, -0.15) is 0 Å². The van der Waals surface area contributed by atoms with Crippen LogP contribution in [0.5, 0.6) is 0 Å². The number of rotatable bonds is 5. The monoisotopic (exact) mass is 446 g/mol. The number of aryl methyl sites for hydroxylation is 2. The standard InChI is InChI=1S/C26H27FN4O2/c1-17-8-7-9-19(14-17)15-24(32)31-13-6-5-12-23(31)25-28-16-20(18(2)29-25)26(33)30-22-11-4-3-10-21(22)27/h3-4,7-11,14,16,23H,5-6,12-13,15H2,1-2H3,(H,30,33). The molecule has 33 heavy (non-hydrogen) atoms. The maximum absolute atomic E-state index is 13.9.